The van der Waals surface area contributed by atoms with Crippen LogP contribution in [0.3, 0.4) is 0 Å². The van der Waals surface area contributed by atoms with Crippen LogP contribution >= 0.6 is 0 Å². The van der Waals surface area contributed by atoms with E-state index in [9.17, 15) is 4.79 Å². The summed E-state index contributed by atoms with van der Waals surface area (Å²) in [6.45, 7) is 4.00. The highest BCUT2D eigenvalue weighted by molar-refractivity contribution is 6.04. The fraction of sp³-hybridized carbons (Fsp3) is 0.360. The van der Waals surface area contributed by atoms with Gasteiger partial charge in [0.2, 0.25) is 11.8 Å². The van der Waals surface area contributed by atoms with Crippen molar-refractivity contribution in [1.82, 2.24) is 29.6 Å². The summed E-state index contributed by atoms with van der Waals surface area (Å²) >= 11 is 0. The van der Waals surface area contributed by atoms with Crippen LogP contribution in [-0.2, 0) is 20.1 Å². The van der Waals surface area contributed by atoms with Gasteiger partial charge < -0.3 is 14.6 Å². The Morgan fingerprint density at radius 3 is 2.88 bits per heavy atom. The van der Waals surface area contributed by atoms with Crippen molar-refractivity contribution in [2.45, 2.75) is 39.3 Å². The Morgan fingerprint density at radius 2 is 2.03 bits per heavy atom. The van der Waals surface area contributed by atoms with Gasteiger partial charge in [-0.15, -0.1) is 0 Å². The monoisotopic (exact) mass is 459 g/mol. The summed E-state index contributed by atoms with van der Waals surface area (Å²) in [6.07, 6.45) is 4.58. The molecule has 9 nitrogen and oxygen atoms in total. The van der Waals surface area contributed by atoms with Crippen LogP contribution in [0, 0.1) is 6.92 Å². The van der Waals surface area contributed by atoms with Crippen molar-refractivity contribution in [3.63, 3.8) is 0 Å². The molecule has 1 aromatic carbocycles. The lowest BCUT2D eigenvalue weighted by atomic mass is 10.1. The zero-order valence-electron chi connectivity index (χ0n) is 19.8. The SMILES string of the molecule is CNCc1ccc2nc3n(c2c1)CCCCCOc1c(cnn1C)-c1cc(cc(C)n1)C(=O)N3. The fourth-order valence-corrected chi connectivity index (χ4v) is 4.41. The van der Waals surface area contributed by atoms with Gasteiger partial charge in [0.25, 0.3) is 5.91 Å². The highest BCUT2D eigenvalue weighted by atomic mass is 16.5. The van der Waals surface area contributed by atoms with Crippen molar-refractivity contribution in [1.29, 1.82) is 0 Å². The fourth-order valence-electron chi connectivity index (χ4n) is 4.41. The number of amides is 1. The van der Waals surface area contributed by atoms with Crippen LogP contribution in [0.4, 0.5) is 5.95 Å². The van der Waals surface area contributed by atoms with Crippen LogP contribution in [0.1, 0.15) is 40.9 Å². The maximum absolute atomic E-state index is 13.3. The first kappa shape index (κ1) is 22.1. The van der Waals surface area contributed by atoms with Crippen LogP contribution in [0.15, 0.2) is 36.5 Å². The normalized spacial score (nSPS) is 14.5. The molecule has 0 fully saturated rings. The second-order valence-corrected chi connectivity index (χ2v) is 8.67. The largest absolute Gasteiger partial charge is 0.477 e. The molecule has 0 radical (unpaired) electrons. The number of nitrogens with zero attached hydrogens (tertiary/aromatic N) is 5. The second-order valence-electron chi connectivity index (χ2n) is 8.67. The van der Waals surface area contributed by atoms with Gasteiger partial charge in [-0.3, -0.25) is 15.1 Å². The number of carbonyl (C=O) groups excluding carboxylic acids is 1. The van der Waals surface area contributed by atoms with E-state index < -0.39 is 0 Å². The first-order valence-electron chi connectivity index (χ1n) is 11.6. The average molecular weight is 460 g/mol. The van der Waals surface area contributed by atoms with Gasteiger partial charge in [0, 0.05) is 31.4 Å². The van der Waals surface area contributed by atoms with Crippen molar-refractivity contribution >= 4 is 22.9 Å². The van der Waals surface area contributed by atoms with E-state index in [1.165, 1.54) is 5.56 Å². The van der Waals surface area contributed by atoms with E-state index in [1.54, 1.807) is 23.0 Å². The first-order chi connectivity index (χ1) is 16.5. The third-order valence-electron chi connectivity index (χ3n) is 6.06. The quantitative estimate of drug-likeness (QED) is 0.475. The third kappa shape index (κ3) is 4.26. The minimum Gasteiger partial charge on any atom is -0.477 e. The molecule has 3 aromatic heterocycles. The van der Waals surface area contributed by atoms with E-state index >= 15 is 0 Å². The number of imidazole rings is 1. The second kappa shape index (κ2) is 9.26. The van der Waals surface area contributed by atoms with Crippen LogP contribution in [-0.4, -0.2) is 43.9 Å². The number of hydrogen-bond donors (Lipinski definition) is 2. The summed E-state index contributed by atoms with van der Waals surface area (Å²) in [5.41, 5.74) is 5.76. The lowest BCUT2D eigenvalue weighted by Crippen LogP contribution is -2.17. The molecule has 0 aliphatic carbocycles. The molecule has 176 valence electrons. The van der Waals surface area contributed by atoms with Gasteiger partial charge >= 0.3 is 0 Å². The Morgan fingerprint density at radius 1 is 1.15 bits per heavy atom. The van der Waals surface area contributed by atoms with Gasteiger partial charge in [-0.1, -0.05) is 6.07 Å². The molecule has 1 amide bonds. The van der Waals surface area contributed by atoms with Gasteiger partial charge in [-0.05, 0) is 63.1 Å². The highest BCUT2D eigenvalue weighted by Crippen LogP contribution is 2.30. The Kier molecular flexibility index (Phi) is 6.02. The number of carbonyl (C=O) groups is 1. The van der Waals surface area contributed by atoms with Crippen LogP contribution < -0.4 is 15.4 Å². The topological polar surface area (TPSA) is 98.9 Å². The van der Waals surface area contributed by atoms with Gasteiger partial charge in [0.15, 0.2) is 0 Å². The Hall–Kier alpha value is -3.72. The molecule has 2 N–H and O–H groups in total. The molecule has 5 rings (SSSR count). The Labute approximate surface area is 198 Å². The average Bonchev–Trinajstić information content (AvgIpc) is 3.35. The standard InChI is InChI=1S/C25H29N7O2/c1-16-11-18-13-21(28-16)19-15-27-31(3)24(19)34-10-6-4-5-9-32-22-12-17(14-26-2)7-8-20(22)29-25(32)30-23(18)33/h7-8,11-13,15,26H,4-6,9-10,14H2,1-3H3,(H,29,30,33). The predicted molar refractivity (Wildman–Crippen MR) is 131 cm³/mol. The summed E-state index contributed by atoms with van der Waals surface area (Å²) in [6, 6.07) is 9.79. The lowest BCUT2D eigenvalue weighted by molar-refractivity contribution is 0.102. The number of aromatic nitrogens is 5. The van der Waals surface area contributed by atoms with Crippen LogP contribution in [0.5, 0.6) is 5.88 Å². The number of benzene rings is 1. The lowest BCUT2D eigenvalue weighted by Gasteiger charge is -2.11. The Balaban J connectivity index is 1.58. The van der Waals surface area contributed by atoms with Gasteiger partial charge in [-0.2, -0.15) is 5.10 Å². The first-order valence-corrected chi connectivity index (χ1v) is 11.6. The molecule has 34 heavy (non-hydrogen) atoms. The van der Waals surface area contributed by atoms with Gasteiger partial charge in [-0.25, -0.2) is 9.67 Å². The van der Waals surface area contributed by atoms with Crippen molar-refractivity contribution in [2.75, 3.05) is 19.0 Å². The smallest absolute Gasteiger partial charge is 0.258 e. The predicted octanol–water partition coefficient (Wildman–Crippen LogP) is 3.67. The molecule has 9 heteroatoms. The summed E-state index contributed by atoms with van der Waals surface area (Å²) in [5.74, 6) is 1.00. The van der Waals surface area contributed by atoms with E-state index in [0.29, 0.717) is 29.7 Å². The molecule has 0 atom stereocenters. The maximum atomic E-state index is 13.3. The minimum atomic E-state index is -0.222. The van der Waals surface area contributed by atoms with E-state index in [-0.39, 0.29) is 5.91 Å². The van der Waals surface area contributed by atoms with E-state index in [0.717, 1.165) is 54.6 Å². The maximum Gasteiger partial charge on any atom is 0.258 e. The van der Waals surface area contributed by atoms with E-state index in [2.05, 4.69) is 37.4 Å². The molecule has 0 spiro atoms. The third-order valence-corrected chi connectivity index (χ3v) is 6.06. The number of aryl methyl sites for hydroxylation is 3. The number of anilines is 1. The van der Waals surface area contributed by atoms with Gasteiger partial charge in [0.05, 0.1) is 35.1 Å². The zero-order valence-corrected chi connectivity index (χ0v) is 19.8. The van der Waals surface area contributed by atoms with Crippen molar-refractivity contribution in [3.05, 3.63) is 53.3 Å². The summed E-state index contributed by atoms with van der Waals surface area (Å²) < 4.78 is 9.92. The van der Waals surface area contributed by atoms with Crippen molar-refractivity contribution in [3.8, 4) is 17.1 Å². The van der Waals surface area contributed by atoms with Crippen molar-refractivity contribution in [2.24, 2.45) is 7.05 Å². The molecule has 0 saturated carbocycles. The number of hydrogen-bond acceptors (Lipinski definition) is 6. The van der Waals surface area contributed by atoms with Gasteiger partial charge in [0.1, 0.15) is 0 Å². The van der Waals surface area contributed by atoms with Crippen LogP contribution in [0.25, 0.3) is 22.3 Å². The molecule has 1 aliphatic rings. The molecule has 4 heterocycles. The number of fused-ring (bicyclic) bond motifs is 7. The summed E-state index contributed by atoms with van der Waals surface area (Å²) in [7, 11) is 3.78. The molecular formula is C25H29N7O2. The number of pyridine rings is 1. The molecule has 0 unspecified atom stereocenters. The zero-order chi connectivity index (χ0) is 23.7. The summed E-state index contributed by atoms with van der Waals surface area (Å²) in [4.78, 5) is 22.7. The number of nitrogens with one attached hydrogen (secondary N) is 2. The molecule has 1 aliphatic heterocycles. The molecule has 2 bridgehead atoms. The minimum absolute atomic E-state index is 0.222. The number of ether oxygens (including phenoxy) is 1. The molecule has 0 saturated heterocycles. The molecular weight excluding hydrogens is 430 g/mol. The van der Waals surface area contributed by atoms with Crippen molar-refractivity contribution < 1.29 is 9.53 Å². The Bertz CT molecular complexity index is 1360. The summed E-state index contributed by atoms with van der Waals surface area (Å²) in [5, 5.41) is 10.6. The highest BCUT2D eigenvalue weighted by Gasteiger charge is 2.19. The molecule has 4 aromatic rings. The van der Waals surface area contributed by atoms with E-state index in [1.807, 2.05) is 27.1 Å². The van der Waals surface area contributed by atoms with E-state index in [4.69, 9.17) is 9.72 Å². The van der Waals surface area contributed by atoms with Crippen LogP contribution in [0.2, 0.25) is 0 Å². The number of rotatable bonds is 2.